The molecule has 0 amide bonds. The van der Waals surface area contributed by atoms with Gasteiger partial charge in [-0.05, 0) is 57.1 Å². The molecule has 0 N–H and O–H groups in total. The number of hydrogen-bond donors (Lipinski definition) is 0. The first-order valence-electron chi connectivity index (χ1n) is 8.15. The smallest absolute Gasteiger partial charge is 0.00512 e. The third-order valence-electron chi connectivity index (χ3n) is 3.60. The van der Waals surface area contributed by atoms with Crippen molar-refractivity contribution in [2.24, 2.45) is 11.8 Å². The Hall–Kier alpha value is -1.30. The average molecular weight is 287 g/mol. The van der Waals surface area contributed by atoms with E-state index in [1.807, 2.05) is 0 Å². The second kappa shape index (κ2) is 10.4. The van der Waals surface area contributed by atoms with Crippen molar-refractivity contribution in [3.63, 3.8) is 0 Å². The highest BCUT2D eigenvalue weighted by Crippen LogP contribution is 2.17. The highest BCUT2D eigenvalue weighted by Gasteiger charge is 2.00. The van der Waals surface area contributed by atoms with Gasteiger partial charge in [0.25, 0.3) is 0 Å². The van der Waals surface area contributed by atoms with Crippen molar-refractivity contribution in [2.45, 2.75) is 61.8 Å². The maximum absolute atomic E-state index is 2.30. The molecule has 0 radical (unpaired) electrons. The van der Waals surface area contributed by atoms with Crippen molar-refractivity contribution in [3.05, 3.63) is 58.7 Å². The standard InChI is InChI=1S/C21H34/c1-9-21(15-11-17(4)5)20(8)14-13-19(7)18(6)12-10-16(2)3/h10-16,18H,9H2,1-8H3/b12-10-,19-13+,20-14+,21-15+. The van der Waals surface area contributed by atoms with Gasteiger partial charge in [-0.1, -0.05) is 75.3 Å². The highest BCUT2D eigenvalue weighted by molar-refractivity contribution is 5.36. The zero-order valence-corrected chi connectivity index (χ0v) is 15.3. The maximum atomic E-state index is 2.30. The summed E-state index contributed by atoms with van der Waals surface area (Å²) in [6.45, 7) is 17.6. The number of hydrogen-bond acceptors (Lipinski definition) is 0. The summed E-state index contributed by atoms with van der Waals surface area (Å²) in [6, 6.07) is 0. The molecule has 0 aliphatic rings. The summed E-state index contributed by atoms with van der Waals surface area (Å²) in [4.78, 5) is 0. The van der Waals surface area contributed by atoms with Crippen LogP contribution in [0.15, 0.2) is 58.7 Å². The van der Waals surface area contributed by atoms with Crippen LogP contribution in [0.5, 0.6) is 0 Å². The molecule has 0 saturated heterocycles. The Morgan fingerprint density at radius 3 is 1.90 bits per heavy atom. The van der Waals surface area contributed by atoms with Gasteiger partial charge in [-0.15, -0.1) is 0 Å². The molecule has 0 heteroatoms. The number of allylic oxidation sites excluding steroid dienone is 10. The van der Waals surface area contributed by atoms with Crippen molar-refractivity contribution < 1.29 is 0 Å². The molecule has 118 valence electrons. The van der Waals surface area contributed by atoms with Crippen molar-refractivity contribution >= 4 is 0 Å². The van der Waals surface area contributed by atoms with E-state index in [0.717, 1.165) is 6.42 Å². The predicted octanol–water partition coefficient (Wildman–Crippen LogP) is 7.03. The topological polar surface area (TPSA) is 0 Å². The summed E-state index contributed by atoms with van der Waals surface area (Å²) in [5.41, 5.74) is 5.51. The second-order valence-corrected chi connectivity index (χ2v) is 6.47. The van der Waals surface area contributed by atoms with Gasteiger partial charge in [-0.3, -0.25) is 0 Å². The first-order chi connectivity index (χ1) is 9.77. The minimum Gasteiger partial charge on any atom is -0.0854 e. The van der Waals surface area contributed by atoms with E-state index in [0.29, 0.717) is 11.8 Å². The Morgan fingerprint density at radius 2 is 1.43 bits per heavy atom. The van der Waals surface area contributed by atoms with Crippen molar-refractivity contribution in [2.75, 3.05) is 0 Å². The molecule has 21 heavy (non-hydrogen) atoms. The lowest BCUT2D eigenvalue weighted by molar-refractivity contribution is 0.794. The number of rotatable bonds is 7. The Balaban J connectivity index is 5.01. The molecular formula is C21H34. The summed E-state index contributed by atoms with van der Waals surface area (Å²) >= 11 is 0. The fraction of sp³-hybridized carbons (Fsp3) is 0.524. The van der Waals surface area contributed by atoms with Crippen molar-refractivity contribution in [1.82, 2.24) is 0 Å². The van der Waals surface area contributed by atoms with E-state index >= 15 is 0 Å². The summed E-state index contributed by atoms with van der Waals surface area (Å²) in [7, 11) is 0. The van der Waals surface area contributed by atoms with Crippen LogP contribution in [-0.4, -0.2) is 0 Å². The zero-order valence-electron chi connectivity index (χ0n) is 15.3. The van der Waals surface area contributed by atoms with E-state index in [9.17, 15) is 0 Å². The van der Waals surface area contributed by atoms with Gasteiger partial charge >= 0.3 is 0 Å². The second-order valence-electron chi connectivity index (χ2n) is 6.47. The van der Waals surface area contributed by atoms with Gasteiger partial charge in [0, 0.05) is 0 Å². The molecule has 0 nitrogen and oxygen atoms in total. The molecule has 0 aliphatic carbocycles. The summed E-state index contributed by atoms with van der Waals surface area (Å²) in [6.07, 6.45) is 14.6. The molecule has 0 rings (SSSR count). The van der Waals surface area contributed by atoms with Crippen LogP contribution in [0.1, 0.15) is 61.8 Å². The molecule has 0 aliphatic heterocycles. The van der Waals surface area contributed by atoms with Crippen molar-refractivity contribution in [1.29, 1.82) is 0 Å². The zero-order chi connectivity index (χ0) is 16.4. The van der Waals surface area contributed by atoms with Crippen LogP contribution in [0.3, 0.4) is 0 Å². The average Bonchev–Trinajstić information content (AvgIpc) is 2.42. The first-order valence-corrected chi connectivity index (χ1v) is 8.15. The Kier molecular flexibility index (Phi) is 9.78. The molecule has 0 aromatic carbocycles. The maximum Gasteiger partial charge on any atom is -0.00512 e. The molecule has 0 spiro atoms. The summed E-state index contributed by atoms with van der Waals surface area (Å²) in [5, 5.41) is 0. The van der Waals surface area contributed by atoms with Crippen LogP contribution >= 0.6 is 0 Å². The SMILES string of the molecule is CCC(=C\C=C(C)C)/C(C)=C/C=C(\C)C(C)/C=C\C(C)C. The fourth-order valence-electron chi connectivity index (χ4n) is 1.85. The van der Waals surface area contributed by atoms with Gasteiger partial charge in [0.1, 0.15) is 0 Å². The minimum atomic E-state index is 0.503. The molecule has 0 bridgehead atoms. The normalized spacial score (nSPS) is 15.8. The third-order valence-corrected chi connectivity index (χ3v) is 3.60. The van der Waals surface area contributed by atoms with E-state index in [1.54, 1.807) is 0 Å². The Morgan fingerprint density at radius 1 is 0.810 bits per heavy atom. The van der Waals surface area contributed by atoms with Crippen LogP contribution in [0.25, 0.3) is 0 Å². The Bertz CT molecular complexity index is 446. The van der Waals surface area contributed by atoms with Gasteiger partial charge in [-0.25, -0.2) is 0 Å². The van der Waals surface area contributed by atoms with Crippen molar-refractivity contribution in [3.8, 4) is 0 Å². The quantitative estimate of drug-likeness (QED) is 0.348. The van der Waals surface area contributed by atoms with E-state index in [1.165, 1.54) is 22.3 Å². The molecule has 1 atom stereocenters. The fourth-order valence-corrected chi connectivity index (χ4v) is 1.85. The molecule has 0 aromatic rings. The van der Waals surface area contributed by atoms with E-state index in [-0.39, 0.29) is 0 Å². The summed E-state index contributed by atoms with van der Waals surface area (Å²) < 4.78 is 0. The summed E-state index contributed by atoms with van der Waals surface area (Å²) in [5.74, 6) is 1.12. The van der Waals surface area contributed by atoms with Gasteiger partial charge in [0.05, 0.1) is 0 Å². The van der Waals surface area contributed by atoms with Crippen LogP contribution in [0, 0.1) is 11.8 Å². The lowest BCUT2D eigenvalue weighted by Gasteiger charge is -2.08. The molecular weight excluding hydrogens is 252 g/mol. The van der Waals surface area contributed by atoms with Gasteiger partial charge in [0.2, 0.25) is 0 Å². The minimum absolute atomic E-state index is 0.503. The van der Waals surface area contributed by atoms with E-state index < -0.39 is 0 Å². The Labute approximate surface area is 133 Å². The van der Waals surface area contributed by atoms with Gasteiger partial charge in [0.15, 0.2) is 0 Å². The van der Waals surface area contributed by atoms with Crippen LogP contribution in [-0.2, 0) is 0 Å². The third kappa shape index (κ3) is 9.28. The van der Waals surface area contributed by atoms with Crippen LogP contribution in [0.4, 0.5) is 0 Å². The molecule has 0 saturated carbocycles. The lowest BCUT2D eigenvalue weighted by Crippen LogP contribution is -1.92. The highest BCUT2D eigenvalue weighted by atomic mass is 14.1. The monoisotopic (exact) mass is 286 g/mol. The van der Waals surface area contributed by atoms with Gasteiger partial charge in [-0.2, -0.15) is 0 Å². The molecule has 0 heterocycles. The van der Waals surface area contributed by atoms with Gasteiger partial charge < -0.3 is 0 Å². The van der Waals surface area contributed by atoms with E-state index in [4.69, 9.17) is 0 Å². The van der Waals surface area contributed by atoms with Crippen LogP contribution < -0.4 is 0 Å². The molecule has 1 unspecified atom stereocenters. The lowest BCUT2D eigenvalue weighted by atomic mass is 9.98. The van der Waals surface area contributed by atoms with E-state index in [2.05, 4.69) is 91.8 Å². The van der Waals surface area contributed by atoms with Crippen LogP contribution in [0.2, 0.25) is 0 Å². The molecule has 0 aromatic heterocycles. The molecule has 0 fully saturated rings. The largest absolute Gasteiger partial charge is 0.0854 e. The predicted molar refractivity (Wildman–Crippen MR) is 98.5 cm³/mol. The first kappa shape index (κ1) is 19.7.